The largest absolute Gasteiger partial charge is 0.497 e. The van der Waals surface area contributed by atoms with E-state index in [1.165, 1.54) is 13.2 Å². The molecule has 7 heteroatoms. The first kappa shape index (κ1) is 18.2. The number of halogens is 1. The predicted octanol–water partition coefficient (Wildman–Crippen LogP) is 4.67. The van der Waals surface area contributed by atoms with Crippen LogP contribution in [0.4, 0.5) is 15.8 Å². The quantitative estimate of drug-likeness (QED) is 0.402. The average molecular weight is 368 g/mol. The monoisotopic (exact) mass is 368 g/mol. The van der Waals surface area contributed by atoms with E-state index < -0.39 is 10.7 Å². The van der Waals surface area contributed by atoms with Gasteiger partial charge in [-0.05, 0) is 47.0 Å². The summed E-state index contributed by atoms with van der Waals surface area (Å²) in [6.45, 7) is 0. The lowest BCUT2D eigenvalue weighted by atomic mass is 9.92. The van der Waals surface area contributed by atoms with Gasteiger partial charge in [-0.15, -0.1) is 0 Å². The number of nitrogen functional groups attached to an aromatic ring is 1. The Kier molecular flexibility index (Phi) is 4.94. The summed E-state index contributed by atoms with van der Waals surface area (Å²) >= 11 is 0. The fourth-order valence-corrected chi connectivity index (χ4v) is 2.87. The van der Waals surface area contributed by atoms with Crippen molar-refractivity contribution in [3.8, 4) is 33.8 Å². The van der Waals surface area contributed by atoms with Gasteiger partial charge in [-0.1, -0.05) is 18.2 Å². The van der Waals surface area contributed by atoms with Gasteiger partial charge in [-0.3, -0.25) is 10.1 Å². The number of methoxy groups -OCH3 is 2. The zero-order valence-corrected chi connectivity index (χ0v) is 14.7. The number of benzene rings is 3. The SMILES string of the molecule is COc1ccc(-c2ccc(N)cc2-c2cc(OC)c(F)cc2[N+](=O)[O-])cc1. The van der Waals surface area contributed by atoms with Crippen molar-refractivity contribution in [2.75, 3.05) is 20.0 Å². The topological polar surface area (TPSA) is 87.6 Å². The Hall–Kier alpha value is -3.61. The van der Waals surface area contributed by atoms with Crippen molar-refractivity contribution >= 4 is 11.4 Å². The van der Waals surface area contributed by atoms with Crippen molar-refractivity contribution in [1.82, 2.24) is 0 Å². The van der Waals surface area contributed by atoms with Gasteiger partial charge in [0.05, 0.1) is 30.8 Å². The number of nitro groups is 1. The predicted molar refractivity (Wildman–Crippen MR) is 101 cm³/mol. The summed E-state index contributed by atoms with van der Waals surface area (Å²) in [6, 6.07) is 14.5. The first-order valence-corrected chi connectivity index (χ1v) is 8.01. The summed E-state index contributed by atoms with van der Waals surface area (Å²) in [6.07, 6.45) is 0. The lowest BCUT2D eigenvalue weighted by Crippen LogP contribution is -1.98. The molecular weight excluding hydrogens is 351 g/mol. The molecule has 0 amide bonds. The van der Waals surface area contributed by atoms with Crippen molar-refractivity contribution in [3.05, 3.63) is 70.5 Å². The summed E-state index contributed by atoms with van der Waals surface area (Å²) in [5.41, 5.74) is 8.23. The van der Waals surface area contributed by atoms with E-state index in [-0.39, 0.29) is 17.0 Å². The van der Waals surface area contributed by atoms with Gasteiger partial charge in [0.2, 0.25) is 0 Å². The molecule has 0 atom stereocenters. The van der Waals surface area contributed by atoms with Gasteiger partial charge < -0.3 is 15.2 Å². The molecule has 0 saturated heterocycles. The van der Waals surface area contributed by atoms with Crippen LogP contribution in [0.25, 0.3) is 22.3 Å². The molecule has 0 spiro atoms. The molecule has 0 radical (unpaired) electrons. The highest BCUT2D eigenvalue weighted by Crippen LogP contribution is 2.41. The van der Waals surface area contributed by atoms with Crippen LogP contribution < -0.4 is 15.2 Å². The number of nitrogens with zero attached hydrogens (tertiary/aromatic N) is 1. The summed E-state index contributed by atoms with van der Waals surface area (Å²) < 4.78 is 24.2. The van der Waals surface area contributed by atoms with Crippen molar-refractivity contribution in [2.45, 2.75) is 0 Å². The third-order valence-corrected chi connectivity index (χ3v) is 4.20. The Labute approximate surface area is 155 Å². The van der Waals surface area contributed by atoms with E-state index >= 15 is 0 Å². The Morgan fingerprint density at radius 2 is 1.63 bits per heavy atom. The van der Waals surface area contributed by atoms with Gasteiger partial charge in [0.1, 0.15) is 5.75 Å². The maximum absolute atomic E-state index is 14.0. The van der Waals surface area contributed by atoms with E-state index in [4.69, 9.17) is 15.2 Å². The number of nitro benzene ring substituents is 1. The molecule has 0 bridgehead atoms. The second-order valence-corrected chi connectivity index (χ2v) is 5.79. The molecule has 3 aromatic rings. The highest BCUT2D eigenvalue weighted by atomic mass is 19.1. The molecule has 6 nitrogen and oxygen atoms in total. The van der Waals surface area contributed by atoms with E-state index in [1.54, 1.807) is 37.4 Å². The van der Waals surface area contributed by atoms with Gasteiger partial charge in [-0.2, -0.15) is 0 Å². The molecule has 0 saturated carbocycles. The van der Waals surface area contributed by atoms with E-state index in [9.17, 15) is 14.5 Å². The molecule has 27 heavy (non-hydrogen) atoms. The summed E-state index contributed by atoms with van der Waals surface area (Å²) in [4.78, 5) is 10.9. The Morgan fingerprint density at radius 3 is 2.22 bits per heavy atom. The molecule has 0 fully saturated rings. The first-order valence-electron chi connectivity index (χ1n) is 8.01. The highest BCUT2D eigenvalue weighted by Gasteiger charge is 2.23. The van der Waals surface area contributed by atoms with Crippen molar-refractivity contribution in [2.24, 2.45) is 0 Å². The smallest absolute Gasteiger partial charge is 0.280 e. The molecule has 2 N–H and O–H groups in total. The lowest BCUT2D eigenvalue weighted by molar-refractivity contribution is -0.384. The first-order chi connectivity index (χ1) is 12.9. The van der Waals surface area contributed by atoms with Crippen LogP contribution in [-0.4, -0.2) is 19.1 Å². The molecule has 0 aliphatic heterocycles. The molecule has 3 aromatic carbocycles. The maximum Gasteiger partial charge on any atom is 0.280 e. The van der Waals surface area contributed by atoms with Crippen LogP contribution in [0.3, 0.4) is 0 Å². The van der Waals surface area contributed by atoms with E-state index in [0.29, 0.717) is 22.6 Å². The number of ether oxygens (including phenoxy) is 2. The standard InChI is InChI=1S/C20H17FN2O4/c1-26-14-6-3-12(4-7-14)15-8-5-13(22)9-16(15)17-10-20(27-2)18(21)11-19(17)23(24)25/h3-11H,22H2,1-2H3. The minimum Gasteiger partial charge on any atom is -0.497 e. The van der Waals surface area contributed by atoms with Gasteiger partial charge in [0, 0.05) is 5.69 Å². The van der Waals surface area contributed by atoms with Crippen LogP contribution in [0.1, 0.15) is 0 Å². The van der Waals surface area contributed by atoms with E-state index in [2.05, 4.69) is 0 Å². The molecular formula is C20H17FN2O4. The molecule has 0 aliphatic rings. The second-order valence-electron chi connectivity index (χ2n) is 5.79. The summed E-state index contributed by atoms with van der Waals surface area (Å²) in [5, 5.41) is 11.5. The van der Waals surface area contributed by atoms with Gasteiger partial charge in [-0.25, -0.2) is 4.39 Å². The Balaban J connectivity index is 2.28. The van der Waals surface area contributed by atoms with Gasteiger partial charge >= 0.3 is 0 Å². The zero-order valence-electron chi connectivity index (χ0n) is 14.7. The number of hydrogen-bond acceptors (Lipinski definition) is 5. The van der Waals surface area contributed by atoms with Crippen LogP contribution in [-0.2, 0) is 0 Å². The van der Waals surface area contributed by atoms with Crippen molar-refractivity contribution in [1.29, 1.82) is 0 Å². The molecule has 0 aliphatic carbocycles. The second kappa shape index (κ2) is 7.33. The Bertz CT molecular complexity index is 1000. The van der Waals surface area contributed by atoms with E-state index in [1.807, 2.05) is 12.1 Å². The summed E-state index contributed by atoms with van der Waals surface area (Å²) in [5.74, 6) is -0.202. The number of anilines is 1. The number of rotatable bonds is 5. The molecule has 0 unspecified atom stereocenters. The zero-order chi connectivity index (χ0) is 19.6. The van der Waals surface area contributed by atoms with Crippen molar-refractivity contribution < 1.29 is 18.8 Å². The van der Waals surface area contributed by atoms with Crippen LogP contribution in [0, 0.1) is 15.9 Å². The molecule has 138 valence electrons. The minimum atomic E-state index is -0.803. The van der Waals surface area contributed by atoms with Crippen LogP contribution in [0.15, 0.2) is 54.6 Å². The fraction of sp³-hybridized carbons (Fsp3) is 0.100. The third-order valence-electron chi connectivity index (χ3n) is 4.20. The van der Waals surface area contributed by atoms with Crippen LogP contribution in [0.2, 0.25) is 0 Å². The van der Waals surface area contributed by atoms with Crippen LogP contribution in [0.5, 0.6) is 11.5 Å². The lowest BCUT2D eigenvalue weighted by Gasteiger charge is -2.13. The highest BCUT2D eigenvalue weighted by molar-refractivity contribution is 5.89. The number of nitrogens with two attached hydrogens (primary N) is 1. The third kappa shape index (κ3) is 3.52. The molecule has 3 rings (SSSR count). The normalized spacial score (nSPS) is 10.5. The average Bonchev–Trinajstić information content (AvgIpc) is 2.67. The fourth-order valence-electron chi connectivity index (χ4n) is 2.87. The number of hydrogen-bond donors (Lipinski definition) is 1. The Morgan fingerprint density at radius 1 is 0.926 bits per heavy atom. The molecule has 0 aromatic heterocycles. The van der Waals surface area contributed by atoms with E-state index in [0.717, 1.165) is 11.6 Å². The molecule has 0 heterocycles. The van der Waals surface area contributed by atoms with Crippen molar-refractivity contribution in [3.63, 3.8) is 0 Å². The maximum atomic E-state index is 14.0. The minimum absolute atomic E-state index is 0.0845. The van der Waals surface area contributed by atoms with Gasteiger partial charge in [0.15, 0.2) is 11.6 Å². The van der Waals surface area contributed by atoms with Crippen LogP contribution >= 0.6 is 0 Å². The summed E-state index contributed by atoms with van der Waals surface area (Å²) in [7, 11) is 2.87. The van der Waals surface area contributed by atoms with Gasteiger partial charge in [0.25, 0.3) is 5.69 Å².